The molecule has 0 spiro atoms. The zero-order chi connectivity index (χ0) is 20.9. The molecule has 0 bridgehead atoms. The van der Waals surface area contributed by atoms with Crippen LogP contribution in [0, 0.1) is 0 Å². The summed E-state index contributed by atoms with van der Waals surface area (Å²) in [6.07, 6.45) is 11.7. The van der Waals surface area contributed by atoms with Crippen molar-refractivity contribution in [2.45, 2.75) is 38.1 Å². The summed E-state index contributed by atoms with van der Waals surface area (Å²) in [6.45, 7) is 5.32. The zero-order valence-electron chi connectivity index (χ0n) is 17.8. The lowest BCUT2D eigenvalue weighted by molar-refractivity contribution is 0.0398. The van der Waals surface area contributed by atoms with Gasteiger partial charge < -0.3 is 19.9 Å². The quantitative estimate of drug-likeness (QED) is 0.600. The second-order valence-corrected chi connectivity index (χ2v) is 8.26. The van der Waals surface area contributed by atoms with Crippen LogP contribution in [-0.4, -0.2) is 68.8 Å². The van der Waals surface area contributed by atoms with Gasteiger partial charge in [-0.2, -0.15) is 9.97 Å². The van der Waals surface area contributed by atoms with Gasteiger partial charge in [-0.1, -0.05) is 19.3 Å². The summed E-state index contributed by atoms with van der Waals surface area (Å²) >= 11 is 0. The van der Waals surface area contributed by atoms with Gasteiger partial charge in [0.15, 0.2) is 17.0 Å². The fraction of sp³-hybridized carbons (Fsp3) is 0.545. The van der Waals surface area contributed by atoms with E-state index >= 15 is 0 Å². The lowest BCUT2D eigenvalue weighted by Gasteiger charge is -2.26. The van der Waals surface area contributed by atoms with Crippen LogP contribution >= 0.6 is 0 Å². The number of anilines is 3. The minimum Gasteiger partial charge on any atom is -0.379 e. The van der Waals surface area contributed by atoms with Crippen molar-refractivity contribution in [3.05, 3.63) is 30.9 Å². The maximum atomic E-state index is 5.45. The Kier molecular flexibility index (Phi) is 6.22. The van der Waals surface area contributed by atoms with Crippen LogP contribution in [0.2, 0.25) is 0 Å². The van der Waals surface area contributed by atoms with Gasteiger partial charge in [0.2, 0.25) is 5.95 Å². The van der Waals surface area contributed by atoms with Crippen LogP contribution in [-0.2, 0) is 4.74 Å². The average molecular weight is 423 g/mol. The monoisotopic (exact) mass is 422 g/mol. The number of imidazole rings is 1. The van der Waals surface area contributed by atoms with E-state index in [9.17, 15) is 0 Å². The highest BCUT2D eigenvalue weighted by Crippen LogP contribution is 2.32. The van der Waals surface area contributed by atoms with Gasteiger partial charge in [0, 0.05) is 38.4 Å². The van der Waals surface area contributed by atoms with Crippen molar-refractivity contribution in [2.75, 3.05) is 50.0 Å². The van der Waals surface area contributed by atoms with Crippen molar-refractivity contribution in [2.24, 2.45) is 0 Å². The van der Waals surface area contributed by atoms with E-state index in [0.717, 1.165) is 62.1 Å². The first-order valence-electron chi connectivity index (χ1n) is 11.3. The first-order valence-corrected chi connectivity index (χ1v) is 11.3. The molecule has 164 valence electrons. The van der Waals surface area contributed by atoms with Gasteiger partial charge in [-0.15, -0.1) is 0 Å². The number of nitrogens with zero attached hydrogens (tertiary/aromatic N) is 6. The van der Waals surface area contributed by atoms with Gasteiger partial charge in [-0.25, -0.2) is 4.98 Å². The van der Waals surface area contributed by atoms with Gasteiger partial charge >= 0.3 is 0 Å². The number of hydrogen-bond acceptors (Lipinski definition) is 8. The fourth-order valence-corrected chi connectivity index (χ4v) is 4.45. The van der Waals surface area contributed by atoms with Crippen LogP contribution in [0.15, 0.2) is 30.9 Å². The maximum absolute atomic E-state index is 5.45. The number of morpholine rings is 1. The van der Waals surface area contributed by atoms with E-state index in [2.05, 4.69) is 25.1 Å². The summed E-state index contributed by atoms with van der Waals surface area (Å²) in [4.78, 5) is 20.9. The summed E-state index contributed by atoms with van der Waals surface area (Å²) < 4.78 is 7.69. The van der Waals surface area contributed by atoms with E-state index in [0.29, 0.717) is 12.0 Å². The number of aromatic nitrogens is 5. The minimum absolute atomic E-state index is 0.459. The third-order valence-electron chi connectivity index (χ3n) is 6.13. The smallest absolute Gasteiger partial charge is 0.231 e. The Balaban J connectivity index is 1.41. The predicted octanol–water partition coefficient (Wildman–Crippen LogP) is 3.21. The standard InChI is InChI=1S/C22H30N8O/c1-2-6-18(7-3-1)30-16-25-19-20(24-9-10-29-11-13-31-14-12-29)27-22(28-21(19)30)26-17-5-4-8-23-15-17/h4-5,8,15-16,18H,1-3,6-7,9-14H2,(H2,24,26,27,28). The van der Waals surface area contributed by atoms with Gasteiger partial charge in [0.05, 0.1) is 31.4 Å². The van der Waals surface area contributed by atoms with Crippen LogP contribution in [0.5, 0.6) is 0 Å². The van der Waals surface area contributed by atoms with Gasteiger partial charge in [0.25, 0.3) is 0 Å². The maximum Gasteiger partial charge on any atom is 0.231 e. The molecule has 1 saturated heterocycles. The molecule has 9 nitrogen and oxygen atoms in total. The summed E-state index contributed by atoms with van der Waals surface area (Å²) in [7, 11) is 0. The van der Waals surface area contributed by atoms with E-state index in [1.165, 1.54) is 32.1 Å². The molecule has 1 aliphatic heterocycles. The Hall–Kier alpha value is -2.78. The molecule has 4 heterocycles. The van der Waals surface area contributed by atoms with Crippen LogP contribution in [0.1, 0.15) is 38.1 Å². The van der Waals surface area contributed by atoms with Crippen molar-refractivity contribution < 1.29 is 4.74 Å². The van der Waals surface area contributed by atoms with Crippen LogP contribution < -0.4 is 10.6 Å². The summed E-state index contributed by atoms with van der Waals surface area (Å²) in [5.74, 6) is 1.34. The Morgan fingerprint density at radius 2 is 1.97 bits per heavy atom. The second kappa shape index (κ2) is 9.57. The molecule has 0 unspecified atom stereocenters. The molecule has 2 N–H and O–H groups in total. The zero-order valence-corrected chi connectivity index (χ0v) is 17.8. The van der Waals surface area contributed by atoms with Crippen molar-refractivity contribution in [3.8, 4) is 0 Å². The molecule has 1 saturated carbocycles. The number of ether oxygens (including phenoxy) is 1. The molecule has 3 aromatic rings. The van der Waals surface area contributed by atoms with E-state index in [1.54, 1.807) is 12.4 Å². The number of rotatable bonds is 7. The van der Waals surface area contributed by atoms with Gasteiger partial charge in [-0.3, -0.25) is 9.88 Å². The molecule has 9 heteroatoms. The molecule has 3 aromatic heterocycles. The van der Waals surface area contributed by atoms with E-state index in [1.807, 2.05) is 18.5 Å². The van der Waals surface area contributed by atoms with Crippen LogP contribution in [0.25, 0.3) is 11.2 Å². The summed E-state index contributed by atoms with van der Waals surface area (Å²) in [6, 6.07) is 4.32. The molecule has 0 aromatic carbocycles. The Morgan fingerprint density at radius 1 is 1.10 bits per heavy atom. The van der Waals surface area contributed by atoms with Crippen molar-refractivity contribution in [1.29, 1.82) is 0 Å². The van der Waals surface area contributed by atoms with E-state index < -0.39 is 0 Å². The van der Waals surface area contributed by atoms with Gasteiger partial charge in [0.1, 0.15) is 0 Å². The van der Waals surface area contributed by atoms with Crippen LogP contribution in [0.4, 0.5) is 17.5 Å². The Morgan fingerprint density at radius 3 is 2.77 bits per heavy atom. The predicted molar refractivity (Wildman–Crippen MR) is 121 cm³/mol. The topological polar surface area (TPSA) is 93.0 Å². The van der Waals surface area contributed by atoms with E-state index in [-0.39, 0.29) is 0 Å². The third kappa shape index (κ3) is 4.77. The molecule has 2 fully saturated rings. The molecular weight excluding hydrogens is 392 g/mol. The molecule has 5 rings (SSSR count). The number of pyridine rings is 1. The SMILES string of the molecule is c1cncc(Nc2nc(NCCN3CCOCC3)c3ncn(C4CCCCC4)c3n2)c1. The Labute approximate surface area is 182 Å². The van der Waals surface area contributed by atoms with Gasteiger partial charge in [-0.05, 0) is 25.0 Å². The molecule has 0 radical (unpaired) electrons. The van der Waals surface area contributed by atoms with Crippen molar-refractivity contribution in [1.82, 2.24) is 29.4 Å². The van der Waals surface area contributed by atoms with Crippen LogP contribution in [0.3, 0.4) is 0 Å². The van der Waals surface area contributed by atoms with Crippen molar-refractivity contribution >= 4 is 28.6 Å². The van der Waals surface area contributed by atoms with Crippen molar-refractivity contribution in [3.63, 3.8) is 0 Å². The van der Waals surface area contributed by atoms with E-state index in [4.69, 9.17) is 19.7 Å². The molecule has 0 amide bonds. The third-order valence-corrected chi connectivity index (χ3v) is 6.13. The molecule has 31 heavy (non-hydrogen) atoms. The minimum atomic E-state index is 0.459. The number of nitrogens with one attached hydrogen (secondary N) is 2. The highest BCUT2D eigenvalue weighted by Gasteiger charge is 2.21. The lowest BCUT2D eigenvalue weighted by Crippen LogP contribution is -2.39. The summed E-state index contributed by atoms with van der Waals surface area (Å²) in [5, 5.41) is 6.82. The highest BCUT2D eigenvalue weighted by atomic mass is 16.5. The molecule has 0 atom stereocenters. The molecule has 2 aliphatic rings. The molecule has 1 aliphatic carbocycles. The Bertz CT molecular complexity index is 980. The summed E-state index contributed by atoms with van der Waals surface area (Å²) in [5.41, 5.74) is 2.59. The normalized spacial score (nSPS) is 18.3. The largest absolute Gasteiger partial charge is 0.379 e. The first-order chi connectivity index (χ1) is 15.4. The first kappa shape index (κ1) is 20.1. The second-order valence-electron chi connectivity index (χ2n) is 8.26. The molecular formula is C22H30N8O. The fourth-order valence-electron chi connectivity index (χ4n) is 4.45. The highest BCUT2D eigenvalue weighted by molar-refractivity contribution is 5.84. The lowest BCUT2D eigenvalue weighted by atomic mass is 9.95. The number of hydrogen-bond donors (Lipinski definition) is 2. The number of fused-ring (bicyclic) bond motifs is 1. The average Bonchev–Trinajstić information content (AvgIpc) is 3.25.